The molecule has 0 unspecified atom stereocenters. The molecule has 0 atom stereocenters. The standard InChI is InChI=1S/C16H20N2O6/c19-14(5-4-12-2-1-3-13(10-12)18(22)23)17-11-16(15(20)21)6-8-24-9-7-16/h1-3,10H,4-9,11H2,(H,17,19)(H,20,21). The van der Waals surface area contributed by atoms with Crippen molar-refractivity contribution in [3.8, 4) is 0 Å². The topological polar surface area (TPSA) is 119 Å². The molecular weight excluding hydrogens is 316 g/mol. The van der Waals surface area contributed by atoms with Crippen molar-refractivity contribution in [2.45, 2.75) is 25.7 Å². The van der Waals surface area contributed by atoms with Crippen LogP contribution in [0.1, 0.15) is 24.8 Å². The van der Waals surface area contributed by atoms with E-state index in [1.165, 1.54) is 12.1 Å². The number of non-ortho nitro benzene ring substituents is 1. The summed E-state index contributed by atoms with van der Waals surface area (Å²) in [6, 6.07) is 6.13. The van der Waals surface area contributed by atoms with E-state index in [-0.39, 0.29) is 24.6 Å². The van der Waals surface area contributed by atoms with Crippen molar-refractivity contribution in [3.05, 3.63) is 39.9 Å². The summed E-state index contributed by atoms with van der Waals surface area (Å²) in [4.78, 5) is 33.7. The van der Waals surface area contributed by atoms with Crippen molar-refractivity contribution >= 4 is 17.6 Å². The second kappa shape index (κ2) is 7.87. The van der Waals surface area contributed by atoms with E-state index in [2.05, 4.69) is 5.32 Å². The van der Waals surface area contributed by atoms with Gasteiger partial charge < -0.3 is 15.2 Å². The maximum atomic E-state index is 12.0. The Hall–Kier alpha value is -2.48. The number of carboxylic acid groups (broad SMARTS) is 1. The first-order valence-corrected chi connectivity index (χ1v) is 7.74. The van der Waals surface area contributed by atoms with Crippen LogP contribution in [0.25, 0.3) is 0 Å². The van der Waals surface area contributed by atoms with Gasteiger partial charge in [-0.05, 0) is 24.8 Å². The number of benzene rings is 1. The van der Waals surface area contributed by atoms with Gasteiger partial charge in [0.1, 0.15) is 0 Å². The Labute approximate surface area is 139 Å². The number of amides is 1. The first-order chi connectivity index (χ1) is 11.4. The molecule has 0 spiro atoms. The number of aryl methyl sites for hydroxylation is 1. The predicted molar refractivity (Wildman–Crippen MR) is 84.5 cm³/mol. The summed E-state index contributed by atoms with van der Waals surface area (Å²) in [6.45, 7) is 0.811. The smallest absolute Gasteiger partial charge is 0.311 e. The van der Waals surface area contributed by atoms with Gasteiger partial charge in [-0.15, -0.1) is 0 Å². The largest absolute Gasteiger partial charge is 0.481 e. The number of hydrogen-bond acceptors (Lipinski definition) is 5. The van der Waals surface area contributed by atoms with Crippen LogP contribution in [0.4, 0.5) is 5.69 Å². The van der Waals surface area contributed by atoms with Crippen LogP contribution in [0.3, 0.4) is 0 Å². The lowest BCUT2D eigenvalue weighted by atomic mass is 9.80. The molecule has 1 amide bonds. The zero-order valence-electron chi connectivity index (χ0n) is 13.2. The van der Waals surface area contributed by atoms with Gasteiger partial charge in [0.25, 0.3) is 5.69 Å². The first-order valence-electron chi connectivity index (χ1n) is 7.74. The van der Waals surface area contributed by atoms with Gasteiger partial charge in [-0.2, -0.15) is 0 Å². The molecule has 8 heteroatoms. The SMILES string of the molecule is O=C(CCc1cccc([N+](=O)[O-])c1)NCC1(C(=O)O)CCOCC1. The average Bonchev–Trinajstić information content (AvgIpc) is 2.59. The van der Waals surface area contributed by atoms with Gasteiger partial charge in [-0.3, -0.25) is 19.7 Å². The van der Waals surface area contributed by atoms with Crippen molar-refractivity contribution in [2.75, 3.05) is 19.8 Å². The molecule has 1 aliphatic rings. The zero-order valence-corrected chi connectivity index (χ0v) is 13.2. The molecule has 2 rings (SSSR count). The van der Waals surface area contributed by atoms with E-state index < -0.39 is 16.3 Å². The first kappa shape index (κ1) is 17.9. The molecular formula is C16H20N2O6. The van der Waals surface area contributed by atoms with Crippen molar-refractivity contribution in [2.24, 2.45) is 5.41 Å². The third-order valence-corrected chi connectivity index (χ3v) is 4.29. The van der Waals surface area contributed by atoms with Gasteiger partial charge in [-0.25, -0.2) is 0 Å². The number of hydrogen-bond donors (Lipinski definition) is 2. The van der Waals surface area contributed by atoms with Crippen molar-refractivity contribution in [3.63, 3.8) is 0 Å². The van der Waals surface area contributed by atoms with Crippen molar-refractivity contribution in [1.82, 2.24) is 5.32 Å². The van der Waals surface area contributed by atoms with E-state index in [0.717, 1.165) is 0 Å². The summed E-state index contributed by atoms with van der Waals surface area (Å²) < 4.78 is 5.19. The second-order valence-electron chi connectivity index (χ2n) is 5.90. The van der Waals surface area contributed by atoms with E-state index in [9.17, 15) is 24.8 Å². The molecule has 1 aliphatic heterocycles. The number of nitro benzene ring substituents is 1. The van der Waals surface area contributed by atoms with Gasteiger partial charge in [-0.1, -0.05) is 12.1 Å². The Morgan fingerprint density at radius 3 is 2.67 bits per heavy atom. The lowest BCUT2D eigenvalue weighted by molar-refractivity contribution is -0.384. The molecule has 0 aliphatic carbocycles. The average molecular weight is 336 g/mol. The van der Waals surface area contributed by atoms with Gasteiger partial charge in [0.15, 0.2) is 0 Å². The normalized spacial score (nSPS) is 16.3. The number of carbonyl (C=O) groups is 2. The number of rotatable bonds is 7. The quantitative estimate of drug-likeness (QED) is 0.575. The Morgan fingerprint density at radius 2 is 2.04 bits per heavy atom. The summed E-state index contributed by atoms with van der Waals surface area (Å²) in [5.74, 6) is -1.20. The van der Waals surface area contributed by atoms with E-state index in [1.807, 2.05) is 0 Å². The van der Waals surface area contributed by atoms with Crippen molar-refractivity contribution in [1.29, 1.82) is 0 Å². The third-order valence-electron chi connectivity index (χ3n) is 4.29. The number of carboxylic acids is 1. The van der Waals surface area contributed by atoms with Crippen LogP contribution in [0.2, 0.25) is 0 Å². The van der Waals surface area contributed by atoms with Gasteiger partial charge in [0, 0.05) is 38.3 Å². The maximum Gasteiger partial charge on any atom is 0.311 e. The molecule has 1 aromatic carbocycles. The molecule has 1 heterocycles. The minimum absolute atomic E-state index is 0.0139. The molecule has 24 heavy (non-hydrogen) atoms. The second-order valence-corrected chi connectivity index (χ2v) is 5.90. The minimum Gasteiger partial charge on any atom is -0.481 e. The number of carbonyl (C=O) groups excluding carboxylic acids is 1. The molecule has 0 radical (unpaired) electrons. The molecule has 0 bridgehead atoms. The Kier molecular flexibility index (Phi) is 5.86. The Bertz CT molecular complexity index is 625. The Balaban J connectivity index is 1.86. The van der Waals surface area contributed by atoms with Gasteiger partial charge >= 0.3 is 5.97 Å². The van der Waals surface area contributed by atoms with E-state index >= 15 is 0 Å². The fourth-order valence-corrected chi connectivity index (χ4v) is 2.67. The number of nitro groups is 1. The minimum atomic E-state index is -0.973. The van der Waals surface area contributed by atoms with E-state index in [4.69, 9.17) is 4.74 Å². The summed E-state index contributed by atoms with van der Waals surface area (Å²) >= 11 is 0. The van der Waals surface area contributed by atoms with E-state index in [1.54, 1.807) is 12.1 Å². The van der Waals surface area contributed by atoms with Gasteiger partial charge in [0.05, 0.1) is 10.3 Å². The van der Waals surface area contributed by atoms with Crippen LogP contribution in [-0.4, -0.2) is 41.7 Å². The zero-order chi connectivity index (χ0) is 17.6. The van der Waals surface area contributed by atoms with Crippen LogP contribution < -0.4 is 5.32 Å². The molecule has 0 aromatic heterocycles. The number of ether oxygens (including phenoxy) is 1. The maximum absolute atomic E-state index is 12.0. The van der Waals surface area contributed by atoms with E-state index in [0.29, 0.717) is 38.0 Å². The molecule has 2 N–H and O–H groups in total. The molecule has 1 fully saturated rings. The highest BCUT2D eigenvalue weighted by Crippen LogP contribution is 2.30. The highest BCUT2D eigenvalue weighted by molar-refractivity contribution is 5.79. The monoisotopic (exact) mass is 336 g/mol. The lowest BCUT2D eigenvalue weighted by Gasteiger charge is -2.33. The number of nitrogens with one attached hydrogen (secondary N) is 1. The molecule has 8 nitrogen and oxygen atoms in total. The molecule has 1 aromatic rings. The highest BCUT2D eigenvalue weighted by Gasteiger charge is 2.40. The van der Waals surface area contributed by atoms with Crippen LogP contribution in [0, 0.1) is 15.5 Å². The fraction of sp³-hybridized carbons (Fsp3) is 0.500. The summed E-state index contributed by atoms with van der Waals surface area (Å²) in [7, 11) is 0. The lowest BCUT2D eigenvalue weighted by Crippen LogP contribution is -2.46. The van der Waals surface area contributed by atoms with Crippen LogP contribution in [0.15, 0.2) is 24.3 Å². The summed E-state index contributed by atoms with van der Waals surface area (Å²) in [6.07, 6.45) is 1.24. The Morgan fingerprint density at radius 1 is 1.33 bits per heavy atom. The van der Waals surface area contributed by atoms with Gasteiger partial charge in [0.2, 0.25) is 5.91 Å². The van der Waals surface area contributed by atoms with Crippen LogP contribution in [-0.2, 0) is 20.7 Å². The summed E-state index contributed by atoms with van der Waals surface area (Å²) in [5.41, 5.74) is -0.294. The predicted octanol–water partition coefficient (Wildman–Crippen LogP) is 1.52. The molecule has 0 saturated carbocycles. The third kappa shape index (κ3) is 4.51. The molecule has 130 valence electrons. The number of nitrogens with zero attached hydrogens (tertiary/aromatic N) is 1. The fourth-order valence-electron chi connectivity index (χ4n) is 2.67. The summed E-state index contributed by atoms with van der Waals surface area (Å²) in [5, 5.41) is 22.8. The van der Waals surface area contributed by atoms with Crippen LogP contribution >= 0.6 is 0 Å². The highest BCUT2D eigenvalue weighted by atomic mass is 16.6. The van der Waals surface area contributed by atoms with Crippen molar-refractivity contribution < 1.29 is 24.4 Å². The molecule has 1 saturated heterocycles. The number of aliphatic carboxylic acids is 1. The van der Waals surface area contributed by atoms with Crippen LogP contribution in [0.5, 0.6) is 0 Å².